The average Bonchev–Trinajstić information content (AvgIpc) is 2.19. The second-order valence-electron chi connectivity index (χ2n) is 2.78. The minimum atomic E-state index is -1.11. The Hall–Kier alpha value is -0.970. The van der Waals surface area contributed by atoms with Gasteiger partial charge in [0.05, 0.1) is 18.2 Å². The van der Waals surface area contributed by atoms with Crippen LogP contribution in [-0.4, -0.2) is 23.5 Å². The molecule has 76 valence electrons. The first-order chi connectivity index (χ1) is 6.56. The van der Waals surface area contributed by atoms with Crippen molar-refractivity contribution < 1.29 is 14.3 Å². The first-order valence-corrected chi connectivity index (χ1v) is 4.29. The Morgan fingerprint density at radius 2 is 2.29 bits per heavy atom. The maximum absolute atomic E-state index is 13.1. The van der Waals surface area contributed by atoms with Gasteiger partial charge in [-0.15, -0.1) is 0 Å². The maximum atomic E-state index is 13.1. The zero-order valence-electron chi connectivity index (χ0n) is 7.21. The fraction of sp³-hybridized carbons (Fsp3) is 0.222. The SMILES string of the molecule is NC(CO)C(=O)c1cc(Cl)ccc1F. The third kappa shape index (κ3) is 2.29. The standard InChI is InChI=1S/C9H9ClFNO2/c10-5-1-2-7(11)6(3-5)9(14)8(12)4-13/h1-3,8,13H,4,12H2. The highest BCUT2D eigenvalue weighted by atomic mass is 35.5. The number of carbonyl (C=O) groups excluding carboxylic acids is 1. The minimum Gasteiger partial charge on any atom is -0.394 e. The monoisotopic (exact) mass is 217 g/mol. The van der Waals surface area contributed by atoms with Gasteiger partial charge in [0, 0.05) is 5.02 Å². The van der Waals surface area contributed by atoms with Gasteiger partial charge >= 0.3 is 0 Å². The third-order valence-corrected chi connectivity index (χ3v) is 1.96. The van der Waals surface area contributed by atoms with Gasteiger partial charge in [-0.25, -0.2) is 4.39 Å². The van der Waals surface area contributed by atoms with Crippen molar-refractivity contribution in [2.45, 2.75) is 6.04 Å². The first-order valence-electron chi connectivity index (χ1n) is 3.92. The van der Waals surface area contributed by atoms with Crippen LogP contribution < -0.4 is 5.73 Å². The average molecular weight is 218 g/mol. The highest BCUT2D eigenvalue weighted by Gasteiger charge is 2.18. The van der Waals surface area contributed by atoms with E-state index in [-0.39, 0.29) is 10.6 Å². The molecule has 0 aliphatic heterocycles. The molecule has 0 saturated heterocycles. The lowest BCUT2D eigenvalue weighted by Crippen LogP contribution is -2.34. The van der Waals surface area contributed by atoms with Gasteiger partial charge in [-0.3, -0.25) is 4.79 Å². The number of Topliss-reactive ketones (excluding diaryl/α,β-unsaturated/α-hetero) is 1. The molecule has 0 heterocycles. The summed E-state index contributed by atoms with van der Waals surface area (Å²) < 4.78 is 13.1. The van der Waals surface area contributed by atoms with Crippen molar-refractivity contribution in [2.24, 2.45) is 5.73 Å². The van der Waals surface area contributed by atoms with E-state index in [1.165, 1.54) is 12.1 Å². The molecule has 1 atom stereocenters. The number of aliphatic hydroxyl groups is 1. The lowest BCUT2D eigenvalue weighted by molar-refractivity contribution is 0.0921. The van der Waals surface area contributed by atoms with Crippen molar-refractivity contribution in [1.82, 2.24) is 0 Å². The van der Waals surface area contributed by atoms with Crippen molar-refractivity contribution >= 4 is 17.4 Å². The number of rotatable bonds is 3. The van der Waals surface area contributed by atoms with Crippen LogP contribution in [0.4, 0.5) is 4.39 Å². The molecule has 1 rings (SSSR count). The molecule has 3 nitrogen and oxygen atoms in total. The Morgan fingerprint density at radius 3 is 2.86 bits per heavy atom. The molecule has 0 aliphatic rings. The predicted molar refractivity (Wildman–Crippen MR) is 50.8 cm³/mol. The Balaban J connectivity index is 3.06. The summed E-state index contributed by atoms with van der Waals surface area (Å²) >= 11 is 5.59. The van der Waals surface area contributed by atoms with Crippen LogP contribution in [-0.2, 0) is 0 Å². The minimum absolute atomic E-state index is 0.195. The second kappa shape index (κ2) is 4.50. The summed E-state index contributed by atoms with van der Waals surface area (Å²) in [4.78, 5) is 11.4. The van der Waals surface area contributed by atoms with E-state index in [9.17, 15) is 9.18 Å². The van der Waals surface area contributed by atoms with E-state index in [1.54, 1.807) is 0 Å². The van der Waals surface area contributed by atoms with Gasteiger partial charge in [0.15, 0.2) is 5.78 Å². The Labute approximate surface area is 85.3 Å². The van der Waals surface area contributed by atoms with Crippen LogP contribution in [0.1, 0.15) is 10.4 Å². The Morgan fingerprint density at radius 1 is 1.64 bits per heavy atom. The van der Waals surface area contributed by atoms with Gasteiger partial charge in [0.1, 0.15) is 5.82 Å². The molecule has 3 N–H and O–H groups in total. The fourth-order valence-electron chi connectivity index (χ4n) is 0.969. The maximum Gasteiger partial charge on any atom is 0.184 e. The van der Waals surface area contributed by atoms with Crippen molar-refractivity contribution in [1.29, 1.82) is 0 Å². The van der Waals surface area contributed by atoms with Gasteiger partial charge < -0.3 is 10.8 Å². The molecule has 0 aromatic heterocycles. The van der Waals surface area contributed by atoms with E-state index < -0.39 is 24.2 Å². The van der Waals surface area contributed by atoms with Crippen LogP contribution in [0.5, 0.6) is 0 Å². The van der Waals surface area contributed by atoms with E-state index in [0.717, 1.165) is 6.07 Å². The predicted octanol–water partition coefficient (Wildman–Crippen LogP) is 0.981. The number of hydrogen-bond acceptors (Lipinski definition) is 3. The van der Waals surface area contributed by atoms with Gasteiger partial charge in [-0.2, -0.15) is 0 Å². The van der Waals surface area contributed by atoms with E-state index >= 15 is 0 Å². The fourth-order valence-corrected chi connectivity index (χ4v) is 1.14. The number of benzene rings is 1. The molecule has 1 aromatic rings. The topological polar surface area (TPSA) is 63.3 Å². The molecule has 14 heavy (non-hydrogen) atoms. The number of halogens is 2. The van der Waals surface area contributed by atoms with Gasteiger partial charge in [-0.05, 0) is 18.2 Å². The number of carbonyl (C=O) groups is 1. The first kappa shape index (κ1) is 11.1. The quantitative estimate of drug-likeness (QED) is 0.742. The molecule has 0 amide bonds. The summed E-state index contributed by atoms with van der Waals surface area (Å²) in [7, 11) is 0. The summed E-state index contributed by atoms with van der Waals surface area (Å²) in [5.74, 6) is -1.35. The van der Waals surface area contributed by atoms with Crippen molar-refractivity contribution in [2.75, 3.05) is 6.61 Å². The Kier molecular flexibility index (Phi) is 3.57. The van der Waals surface area contributed by atoms with Gasteiger partial charge in [0.2, 0.25) is 0 Å². The zero-order valence-corrected chi connectivity index (χ0v) is 7.96. The molecule has 0 saturated carbocycles. The summed E-state index contributed by atoms with van der Waals surface area (Å²) in [6.45, 7) is -0.523. The van der Waals surface area contributed by atoms with E-state index in [1.807, 2.05) is 0 Å². The third-order valence-electron chi connectivity index (χ3n) is 1.73. The molecule has 1 aromatic carbocycles. The summed E-state index contributed by atoms with van der Waals surface area (Å²) in [5.41, 5.74) is 5.06. The highest BCUT2D eigenvalue weighted by Crippen LogP contribution is 2.16. The molecule has 0 bridgehead atoms. The smallest absolute Gasteiger partial charge is 0.184 e. The molecule has 0 spiro atoms. The number of aliphatic hydroxyl groups excluding tert-OH is 1. The molecular formula is C9H9ClFNO2. The van der Waals surface area contributed by atoms with E-state index in [0.29, 0.717) is 0 Å². The van der Waals surface area contributed by atoms with Crippen LogP contribution in [0.2, 0.25) is 5.02 Å². The zero-order chi connectivity index (χ0) is 10.7. The van der Waals surface area contributed by atoms with Crippen LogP contribution in [0.15, 0.2) is 18.2 Å². The lowest BCUT2D eigenvalue weighted by Gasteiger charge is -2.07. The van der Waals surface area contributed by atoms with Crippen LogP contribution in [0.25, 0.3) is 0 Å². The summed E-state index contributed by atoms with van der Waals surface area (Å²) in [5, 5.41) is 8.88. The molecule has 5 heteroatoms. The van der Waals surface area contributed by atoms with Crippen molar-refractivity contribution in [3.8, 4) is 0 Å². The molecule has 0 radical (unpaired) electrons. The largest absolute Gasteiger partial charge is 0.394 e. The van der Waals surface area contributed by atoms with Crippen LogP contribution >= 0.6 is 11.6 Å². The molecule has 1 unspecified atom stereocenters. The molecule has 0 fully saturated rings. The van der Waals surface area contributed by atoms with Gasteiger partial charge in [0.25, 0.3) is 0 Å². The van der Waals surface area contributed by atoms with Crippen molar-refractivity contribution in [3.05, 3.63) is 34.6 Å². The molecular weight excluding hydrogens is 209 g/mol. The van der Waals surface area contributed by atoms with E-state index in [2.05, 4.69) is 0 Å². The summed E-state index contributed by atoms with van der Waals surface area (Å²) in [6.07, 6.45) is 0. The lowest BCUT2D eigenvalue weighted by atomic mass is 10.1. The summed E-state index contributed by atoms with van der Waals surface area (Å²) in [6, 6.07) is 2.50. The van der Waals surface area contributed by atoms with Crippen LogP contribution in [0.3, 0.4) is 0 Å². The number of ketones is 1. The van der Waals surface area contributed by atoms with Crippen LogP contribution in [0, 0.1) is 5.82 Å². The number of nitrogens with two attached hydrogens (primary N) is 1. The highest BCUT2D eigenvalue weighted by molar-refractivity contribution is 6.31. The van der Waals surface area contributed by atoms with Gasteiger partial charge in [-0.1, -0.05) is 11.6 Å². The molecule has 0 aliphatic carbocycles. The normalized spacial score (nSPS) is 12.6. The second-order valence-corrected chi connectivity index (χ2v) is 3.21. The Bertz CT molecular complexity index is 357. The van der Waals surface area contributed by atoms with Crippen molar-refractivity contribution in [3.63, 3.8) is 0 Å². The van der Waals surface area contributed by atoms with E-state index in [4.69, 9.17) is 22.4 Å². The number of hydrogen-bond donors (Lipinski definition) is 2.